The molecular formula is C11H14Cl2N2O. The number of rotatable bonds is 1. The highest BCUT2D eigenvalue weighted by Crippen LogP contribution is 2.27. The minimum Gasteiger partial charge on any atom is -0.397 e. The summed E-state index contributed by atoms with van der Waals surface area (Å²) < 4.78 is 0. The van der Waals surface area contributed by atoms with Crippen LogP contribution >= 0.6 is 23.2 Å². The zero-order chi connectivity index (χ0) is 12.5. The third-order valence-electron chi connectivity index (χ3n) is 1.83. The fraction of sp³-hybridized carbons (Fsp3) is 0.364. The molecule has 1 aromatic carbocycles. The smallest absolute Gasteiger partial charge is 0.253 e. The number of benzene rings is 1. The maximum atomic E-state index is 11.9. The van der Waals surface area contributed by atoms with Gasteiger partial charge in [0.05, 0.1) is 16.3 Å². The zero-order valence-corrected chi connectivity index (χ0v) is 10.9. The van der Waals surface area contributed by atoms with E-state index in [-0.39, 0.29) is 22.2 Å². The van der Waals surface area contributed by atoms with E-state index in [1.54, 1.807) is 0 Å². The van der Waals surface area contributed by atoms with Crippen LogP contribution in [0.15, 0.2) is 12.1 Å². The van der Waals surface area contributed by atoms with Crippen molar-refractivity contribution in [2.75, 3.05) is 5.73 Å². The van der Waals surface area contributed by atoms with Crippen molar-refractivity contribution in [3.05, 3.63) is 27.7 Å². The molecule has 0 saturated carbocycles. The van der Waals surface area contributed by atoms with E-state index in [1.807, 2.05) is 20.8 Å². The Labute approximate surface area is 105 Å². The van der Waals surface area contributed by atoms with Crippen LogP contribution in [0, 0.1) is 0 Å². The normalized spacial score (nSPS) is 11.3. The van der Waals surface area contributed by atoms with Crippen molar-refractivity contribution in [2.45, 2.75) is 26.3 Å². The number of nitrogens with one attached hydrogen (secondary N) is 1. The Morgan fingerprint density at radius 3 is 2.38 bits per heavy atom. The Morgan fingerprint density at radius 1 is 1.31 bits per heavy atom. The van der Waals surface area contributed by atoms with Crippen LogP contribution in [0.2, 0.25) is 10.0 Å². The highest BCUT2D eigenvalue weighted by atomic mass is 35.5. The van der Waals surface area contributed by atoms with E-state index in [2.05, 4.69) is 5.32 Å². The first-order valence-corrected chi connectivity index (χ1v) is 5.53. The lowest BCUT2D eigenvalue weighted by Gasteiger charge is -2.21. The molecule has 0 aliphatic carbocycles. The lowest BCUT2D eigenvalue weighted by molar-refractivity contribution is 0.0920. The third-order valence-corrected chi connectivity index (χ3v) is 2.36. The highest BCUT2D eigenvalue weighted by Gasteiger charge is 2.18. The van der Waals surface area contributed by atoms with Crippen molar-refractivity contribution >= 4 is 34.8 Å². The van der Waals surface area contributed by atoms with Crippen LogP contribution < -0.4 is 11.1 Å². The van der Waals surface area contributed by atoms with Crippen LogP contribution in [-0.2, 0) is 0 Å². The Morgan fingerprint density at radius 2 is 1.88 bits per heavy atom. The number of carbonyl (C=O) groups excluding carboxylic acids is 1. The minimum absolute atomic E-state index is 0.243. The van der Waals surface area contributed by atoms with Gasteiger partial charge in [-0.1, -0.05) is 23.2 Å². The van der Waals surface area contributed by atoms with Gasteiger partial charge in [0, 0.05) is 10.6 Å². The van der Waals surface area contributed by atoms with E-state index in [4.69, 9.17) is 28.9 Å². The fourth-order valence-corrected chi connectivity index (χ4v) is 1.67. The molecule has 0 heterocycles. The number of amides is 1. The molecule has 0 aromatic heterocycles. The molecular weight excluding hydrogens is 247 g/mol. The van der Waals surface area contributed by atoms with Crippen LogP contribution in [0.25, 0.3) is 0 Å². The Bertz CT molecular complexity index is 425. The molecule has 0 atom stereocenters. The van der Waals surface area contributed by atoms with E-state index in [1.165, 1.54) is 12.1 Å². The summed E-state index contributed by atoms with van der Waals surface area (Å²) in [6.07, 6.45) is 0. The lowest BCUT2D eigenvalue weighted by Crippen LogP contribution is -2.40. The first kappa shape index (κ1) is 13.1. The molecule has 16 heavy (non-hydrogen) atoms. The number of hydrogen-bond donors (Lipinski definition) is 2. The number of halogens is 2. The minimum atomic E-state index is -0.335. The average Bonchev–Trinajstić information content (AvgIpc) is 2.08. The summed E-state index contributed by atoms with van der Waals surface area (Å²) in [7, 11) is 0. The van der Waals surface area contributed by atoms with Gasteiger partial charge >= 0.3 is 0 Å². The first-order chi connectivity index (χ1) is 7.20. The molecule has 0 unspecified atom stereocenters. The largest absolute Gasteiger partial charge is 0.397 e. The predicted octanol–water partition coefficient (Wildman–Crippen LogP) is 3.10. The number of carbonyl (C=O) groups is 1. The van der Waals surface area contributed by atoms with Gasteiger partial charge in [-0.15, -0.1) is 0 Å². The van der Waals surface area contributed by atoms with Gasteiger partial charge in [-0.25, -0.2) is 0 Å². The van der Waals surface area contributed by atoms with Gasteiger partial charge in [0.25, 0.3) is 5.91 Å². The van der Waals surface area contributed by atoms with Crippen molar-refractivity contribution in [2.24, 2.45) is 0 Å². The SMILES string of the molecule is CC(C)(C)NC(=O)c1cc(Cl)cc(Cl)c1N. The highest BCUT2D eigenvalue weighted by molar-refractivity contribution is 6.37. The standard InChI is InChI=1S/C11H14Cl2N2O/c1-11(2,3)15-10(16)7-4-6(12)5-8(13)9(7)14/h4-5H,14H2,1-3H3,(H,15,16). The van der Waals surface area contributed by atoms with Gasteiger partial charge in [0.1, 0.15) is 0 Å². The molecule has 1 aromatic rings. The molecule has 0 fully saturated rings. The Hall–Kier alpha value is -0.930. The molecule has 0 aliphatic heterocycles. The van der Waals surface area contributed by atoms with E-state index in [9.17, 15) is 4.79 Å². The zero-order valence-electron chi connectivity index (χ0n) is 9.40. The second kappa shape index (κ2) is 4.52. The number of anilines is 1. The molecule has 1 rings (SSSR count). The molecule has 1 amide bonds. The van der Waals surface area contributed by atoms with Crippen LogP contribution in [-0.4, -0.2) is 11.4 Å². The number of hydrogen-bond acceptors (Lipinski definition) is 2. The molecule has 0 radical (unpaired) electrons. The Balaban J connectivity index is 3.09. The molecule has 3 nitrogen and oxygen atoms in total. The fourth-order valence-electron chi connectivity index (χ4n) is 1.18. The van der Waals surface area contributed by atoms with Crippen LogP contribution in [0.4, 0.5) is 5.69 Å². The van der Waals surface area contributed by atoms with Crippen molar-refractivity contribution in [3.63, 3.8) is 0 Å². The average molecular weight is 261 g/mol. The second-order valence-electron chi connectivity index (χ2n) is 4.55. The van der Waals surface area contributed by atoms with E-state index < -0.39 is 0 Å². The maximum Gasteiger partial charge on any atom is 0.253 e. The molecule has 5 heteroatoms. The molecule has 3 N–H and O–H groups in total. The lowest BCUT2D eigenvalue weighted by atomic mass is 10.1. The topological polar surface area (TPSA) is 55.1 Å². The van der Waals surface area contributed by atoms with Gasteiger partial charge in [-0.05, 0) is 32.9 Å². The summed E-state index contributed by atoms with van der Waals surface area (Å²) in [6, 6.07) is 3.01. The van der Waals surface area contributed by atoms with Crippen molar-refractivity contribution in [1.29, 1.82) is 0 Å². The van der Waals surface area contributed by atoms with Gasteiger partial charge < -0.3 is 11.1 Å². The number of nitrogens with two attached hydrogens (primary N) is 1. The summed E-state index contributed by atoms with van der Waals surface area (Å²) in [5, 5.41) is 3.47. The van der Waals surface area contributed by atoms with Gasteiger partial charge in [-0.3, -0.25) is 4.79 Å². The van der Waals surface area contributed by atoms with Crippen molar-refractivity contribution in [3.8, 4) is 0 Å². The Kier molecular flexibility index (Phi) is 3.71. The summed E-state index contributed by atoms with van der Waals surface area (Å²) in [6.45, 7) is 5.65. The maximum absolute atomic E-state index is 11.9. The summed E-state index contributed by atoms with van der Waals surface area (Å²) in [5.74, 6) is -0.283. The van der Waals surface area contributed by atoms with Crippen LogP contribution in [0.3, 0.4) is 0 Å². The molecule has 0 aliphatic rings. The van der Waals surface area contributed by atoms with E-state index >= 15 is 0 Å². The van der Waals surface area contributed by atoms with Crippen LogP contribution in [0.1, 0.15) is 31.1 Å². The van der Waals surface area contributed by atoms with Gasteiger partial charge in [0.2, 0.25) is 0 Å². The van der Waals surface area contributed by atoms with Gasteiger partial charge in [0.15, 0.2) is 0 Å². The molecule has 88 valence electrons. The monoisotopic (exact) mass is 260 g/mol. The quantitative estimate of drug-likeness (QED) is 0.763. The molecule has 0 spiro atoms. The van der Waals surface area contributed by atoms with E-state index in [0.29, 0.717) is 10.6 Å². The predicted molar refractivity (Wildman–Crippen MR) is 68.1 cm³/mol. The number of nitrogen functional groups attached to an aromatic ring is 1. The third kappa shape index (κ3) is 3.29. The summed E-state index contributed by atoms with van der Waals surface area (Å²) in [4.78, 5) is 11.9. The van der Waals surface area contributed by atoms with Crippen LogP contribution in [0.5, 0.6) is 0 Å². The van der Waals surface area contributed by atoms with Gasteiger partial charge in [-0.2, -0.15) is 0 Å². The van der Waals surface area contributed by atoms with Crippen molar-refractivity contribution in [1.82, 2.24) is 5.32 Å². The summed E-state index contributed by atoms with van der Waals surface area (Å²) in [5.41, 5.74) is 5.93. The second-order valence-corrected chi connectivity index (χ2v) is 5.40. The van der Waals surface area contributed by atoms with E-state index in [0.717, 1.165) is 0 Å². The molecule has 0 bridgehead atoms. The molecule has 0 saturated heterocycles. The summed E-state index contributed by atoms with van der Waals surface area (Å²) >= 11 is 11.7. The first-order valence-electron chi connectivity index (χ1n) is 4.78. The van der Waals surface area contributed by atoms with Crippen molar-refractivity contribution < 1.29 is 4.79 Å².